The summed E-state index contributed by atoms with van der Waals surface area (Å²) in [6, 6.07) is 5.01. The van der Waals surface area contributed by atoms with E-state index in [4.69, 9.17) is 23.2 Å². The van der Waals surface area contributed by atoms with Gasteiger partial charge in [0.2, 0.25) is 0 Å². The molecule has 0 heterocycles. The second kappa shape index (κ2) is 5.50. The summed E-state index contributed by atoms with van der Waals surface area (Å²) in [6.07, 6.45) is 0.331. The van der Waals surface area contributed by atoms with E-state index in [0.717, 1.165) is 5.56 Å². The summed E-state index contributed by atoms with van der Waals surface area (Å²) in [6.45, 7) is 1.83. The molecule has 0 bridgehead atoms. The summed E-state index contributed by atoms with van der Waals surface area (Å²) >= 11 is 11.7. The monoisotopic (exact) mass is 245 g/mol. The molecule has 0 aliphatic heterocycles. The molecular formula is C11H13Cl2NO. The van der Waals surface area contributed by atoms with Crippen molar-refractivity contribution >= 4 is 29.0 Å². The van der Waals surface area contributed by atoms with Crippen molar-refractivity contribution in [1.29, 1.82) is 0 Å². The van der Waals surface area contributed by atoms with E-state index in [1.165, 1.54) is 0 Å². The summed E-state index contributed by atoms with van der Waals surface area (Å²) in [5, 5.41) is 4.02. The highest BCUT2D eigenvalue weighted by Crippen LogP contribution is 2.21. The molecule has 0 saturated carbocycles. The van der Waals surface area contributed by atoms with Crippen molar-refractivity contribution in [1.82, 2.24) is 5.32 Å². The average molecular weight is 246 g/mol. The van der Waals surface area contributed by atoms with E-state index >= 15 is 0 Å². The van der Waals surface area contributed by atoms with Gasteiger partial charge < -0.3 is 5.32 Å². The SMILES string of the molecule is CNC(C)C(=O)Cc1ccc(Cl)cc1Cl. The number of carbonyl (C=O) groups excluding carboxylic acids is 1. The maximum absolute atomic E-state index is 11.6. The highest BCUT2D eigenvalue weighted by atomic mass is 35.5. The lowest BCUT2D eigenvalue weighted by atomic mass is 10.1. The number of carbonyl (C=O) groups is 1. The largest absolute Gasteiger partial charge is 0.311 e. The zero-order valence-electron chi connectivity index (χ0n) is 8.68. The molecule has 2 nitrogen and oxygen atoms in total. The van der Waals surface area contributed by atoms with Gasteiger partial charge >= 0.3 is 0 Å². The molecule has 0 saturated heterocycles. The van der Waals surface area contributed by atoms with Crippen molar-refractivity contribution in [2.75, 3.05) is 7.05 Å². The molecule has 0 spiro atoms. The topological polar surface area (TPSA) is 29.1 Å². The number of Topliss-reactive ketones (excluding diaryl/α,β-unsaturated/α-hetero) is 1. The molecule has 1 aromatic rings. The molecule has 1 unspecified atom stereocenters. The molecule has 0 aliphatic rings. The van der Waals surface area contributed by atoms with Crippen molar-refractivity contribution in [3.63, 3.8) is 0 Å². The number of rotatable bonds is 4. The van der Waals surface area contributed by atoms with E-state index in [2.05, 4.69) is 5.32 Å². The van der Waals surface area contributed by atoms with Crippen LogP contribution in [-0.2, 0) is 11.2 Å². The van der Waals surface area contributed by atoms with Crippen LogP contribution < -0.4 is 5.32 Å². The third-order valence-corrected chi connectivity index (χ3v) is 2.88. The van der Waals surface area contributed by atoms with Gasteiger partial charge in [-0.1, -0.05) is 29.3 Å². The van der Waals surface area contributed by atoms with Crippen molar-refractivity contribution in [2.24, 2.45) is 0 Å². The van der Waals surface area contributed by atoms with Crippen molar-refractivity contribution in [2.45, 2.75) is 19.4 Å². The molecule has 0 radical (unpaired) electrons. The van der Waals surface area contributed by atoms with Crippen LogP contribution in [0.2, 0.25) is 10.0 Å². The van der Waals surface area contributed by atoms with E-state index in [1.54, 1.807) is 25.2 Å². The van der Waals surface area contributed by atoms with Crippen LogP contribution in [0, 0.1) is 0 Å². The molecule has 4 heteroatoms. The Hall–Kier alpha value is -0.570. The normalized spacial score (nSPS) is 12.5. The van der Waals surface area contributed by atoms with Gasteiger partial charge in [-0.2, -0.15) is 0 Å². The summed E-state index contributed by atoms with van der Waals surface area (Å²) in [5.74, 6) is 0.113. The quantitative estimate of drug-likeness (QED) is 0.884. The molecule has 0 amide bonds. The van der Waals surface area contributed by atoms with Gasteiger partial charge in [0.05, 0.1) is 6.04 Å². The average Bonchev–Trinajstić information content (AvgIpc) is 2.20. The van der Waals surface area contributed by atoms with Crippen LogP contribution in [0.3, 0.4) is 0 Å². The number of nitrogens with one attached hydrogen (secondary N) is 1. The van der Waals surface area contributed by atoms with Crippen LogP contribution >= 0.6 is 23.2 Å². The van der Waals surface area contributed by atoms with Gasteiger partial charge in [-0.3, -0.25) is 4.79 Å². The van der Waals surface area contributed by atoms with Crippen molar-refractivity contribution in [3.8, 4) is 0 Å². The number of hydrogen-bond acceptors (Lipinski definition) is 2. The molecule has 0 fully saturated rings. The van der Waals surface area contributed by atoms with Crippen LogP contribution in [-0.4, -0.2) is 18.9 Å². The van der Waals surface area contributed by atoms with Gasteiger partial charge in [-0.05, 0) is 31.7 Å². The second-order valence-corrected chi connectivity index (χ2v) is 4.23. The minimum atomic E-state index is -0.156. The number of benzene rings is 1. The first-order chi connectivity index (χ1) is 7.04. The van der Waals surface area contributed by atoms with Crippen LogP contribution in [0.25, 0.3) is 0 Å². The summed E-state index contributed by atoms with van der Waals surface area (Å²) in [5.41, 5.74) is 0.813. The smallest absolute Gasteiger partial charge is 0.153 e. The second-order valence-electron chi connectivity index (χ2n) is 3.39. The Morgan fingerprint density at radius 3 is 2.67 bits per heavy atom. The Labute approximate surface area is 99.6 Å². The van der Waals surface area contributed by atoms with Gasteiger partial charge in [-0.25, -0.2) is 0 Å². The Balaban J connectivity index is 2.77. The predicted octanol–water partition coefficient (Wildman–Crippen LogP) is 2.71. The number of likely N-dealkylation sites (N-methyl/N-ethyl adjacent to an activating group) is 1. The van der Waals surface area contributed by atoms with Gasteiger partial charge in [0.25, 0.3) is 0 Å². The molecule has 1 N–H and O–H groups in total. The Kier molecular flexibility index (Phi) is 4.58. The molecule has 82 valence electrons. The molecule has 15 heavy (non-hydrogen) atoms. The zero-order valence-corrected chi connectivity index (χ0v) is 10.2. The van der Waals surface area contributed by atoms with Crippen LogP contribution in [0.5, 0.6) is 0 Å². The number of hydrogen-bond donors (Lipinski definition) is 1. The predicted molar refractivity (Wildman–Crippen MR) is 63.7 cm³/mol. The van der Waals surface area contributed by atoms with E-state index in [9.17, 15) is 4.79 Å². The zero-order chi connectivity index (χ0) is 11.4. The number of ketones is 1. The van der Waals surface area contributed by atoms with E-state index in [1.807, 2.05) is 6.92 Å². The summed E-state index contributed by atoms with van der Waals surface area (Å²) in [7, 11) is 1.76. The molecule has 0 aliphatic carbocycles. The first-order valence-electron chi connectivity index (χ1n) is 4.68. The number of halogens is 2. The lowest BCUT2D eigenvalue weighted by molar-refractivity contribution is -0.119. The van der Waals surface area contributed by atoms with Crippen LogP contribution in [0.15, 0.2) is 18.2 Å². The third-order valence-electron chi connectivity index (χ3n) is 2.30. The minimum Gasteiger partial charge on any atom is -0.311 e. The highest BCUT2D eigenvalue weighted by molar-refractivity contribution is 6.35. The first kappa shape index (κ1) is 12.5. The first-order valence-corrected chi connectivity index (χ1v) is 5.44. The fourth-order valence-electron chi connectivity index (χ4n) is 1.17. The lowest BCUT2D eigenvalue weighted by Gasteiger charge is -2.09. The molecule has 0 aromatic heterocycles. The van der Waals surface area contributed by atoms with Crippen molar-refractivity contribution in [3.05, 3.63) is 33.8 Å². The lowest BCUT2D eigenvalue weighted by Crippen LogP contribution is -2.31. The molecule has 1 atom stereocenters. The van der Waals surface area contributed by atoms with Crippen LogP contribution in [0.4, 0.5) is 0 Å². The fourth-order valence-corrected chi connectivity index (χ4v) is 1.64. The highest BCUT2D eigenvalue weighted by Gasteiger charge is 2.12. The third kappa shape index (κ3) is 3.49. The van der Waals surface area contributed by atoms with Gasteiger partial charge in [-0.15, -0.1) is 0 Å². The summed E-state index contributed by atoms with van der Waals surface area (Å²) < 4.78 is 0. The fraction of sp³-hybridized carbons (Fsp3) is 0.364. The van der Waals surface area contributed by atoms with E-state index < -0.39 is 0 Å². The maximum atomic E-state index is 11.6. The molecular weight excluding hydrogens is 233 g/mol. The van der Waals surface area contributed by atoms with Gasteiger partial charge in [0, 0.05) is 16.5 Å². The Morgan fingerprint density at radius 2 is 2.13 bits per heavy atom. The van der Waals surface area contributed by atoms with Crippen molar-refractivity contribution < 1.29 is 4.79 Å². The van der Waals surface area contributed by atoms with Crippen LogP contribution in [0.1, 0.15) is 12.5 Å². The minimum absolute atomic E-state index is 0.113. The Bertz CT molecular complexity index is 366. The van der Waals surface area contributed by atoms with Gasteiger partial charge in [0.15, 0.2) is 5.78 Å². The molecule has 1 aromatic carbocycles. The standard InChI is InChI=1S/C11H13Cl2NO/c1-7(14-2)11(15)5-8-3-4-9(12)6-10(8)13/h3-4,6-7,14H,5H2,1-2H3. The van der Waals surface area contributed by atoms with E-state index in [0.29, 0.717) is 16.5 Å². The van der Waals surface area contributed by atoms with Gasteiger partial charge in [0.1, 0.15) is 0 Å². The molecule has 1 rings (SSSR count). The summed E-state index contributed by atoms with van der Waals surface area (Å²) in [4.78, 5) is 11.6. The maximum Gasteiger partial charge on any atom is 0.153 e. The van der Waals surface area contributed by atoms with E-state index in [-0.39, 0.29) is 11.8 Å². The Morgan fingerprint density at radius 1 is 1.47 bits per heavy atom.